The molecule has 0 heterocycles. The number of hydrogen-bond donors (Lipinski definition) is 0. The number of alkyl halides is 1. The van der Waals surface area contributed by atoms with E-state index in [9.17, 15) is 4.39 Å². The molecule has 0 aliphatic rings. The summed E-state index contributed by atoms with van der Waals surface area (Å²) < 4.78 is 17.0. The molecule has 0 N–H and O–H groups in total. The first-order chi connectivity index (χ1) is 6.79. The number of nitriles is 1. The molecular weight excluding hydrogens is 205 g/mol. The van der Waals surface area contributed by atoms with Gasteiger partial charge in [0.1, 0.15) is 17.4 Å². The van der Waals surface area contributed by atoms with E-state index in [2.05, 4.69) is 0 Å². The first-order valence-corrected chi connectivity index (χ1v) is 4.54. The van der Waals surface area contributed by atoms with Crippen LogP contribution >= 0.6 is 11.6 Å². The third-order valence-corrected chi connectivity index (χ3v) is 1.94. The van der Waals surface area contributed by atoms with Crippen molar-refractivity contribution >= 4 is 11.6 Å². The van der Waals surface area contributed by atoms with Gasteiger partial charge in [0.2, 0.25) is 0 Å². The van der Waals surface area contributed by atoms with E-state index in [1.807, 2.05) is 6.07 Å². The second kappa shape index (κ2) is 5.46. The van der Waals surface area contributed by atoms with Gasteiger partial charge in [-0.1, -0.05) is 17.7 Å². The topological polar surface area (TPSA) is 33.0 Å². The van der Waals surface area contributed by atoms with Crippen molar-refractivity contribution in [1.29, 1.82) is 5.26 Å². The van der Waals surface area contributed by atoms with E-state index in [1.165, 1.54) is 0 Å². The van der Waals surface area contributed by atoms with Crippen molar-refractivity contribution in [3.63, 3.8) is 0 Å². The van der Waals surface area contributed by atoms with Crippen LogP contribution in [0.4, 0.5) is 4.39 Å². The quantitative estimate of drug-likeness (QED) is 0.721. The van der Waals surface area contributed by atoms with Crippen molar-refractivity contribution in [3.05, 3.63) is 28.8 Å². The molecule has 0 fully saturated rings. The highest BCUT2D eigenvalue weighted by molar-refractivity contribution is 6.31. The number of rotatable bonds is 4. The van der Waals surface area contributed by atoms with Gasteiger partial charge >= 0.3 is 0 Å². The summed E-state index contributed by atoms with van der Waals surface area (Å²) in [6.07, 6.45) is 0.317. The molecule has 0 unspecified atom stereocenters. The van der Waals surface area contributed by atoms with Gasteiger partial charge in [-0.15, -0.1) is 0 Å². The predicted molar refractivity (Wildman–Crippen MR) is 52.3 cm³/mol. The highest BCUT2D eigenvalue weighted by Crippen LogP contribution is 2.25. The van der Waals surface area contributed by atoms with Crippen molar-refractivity contribution in [2.45, 2.75) is 6.42 Å². The van der Waals surface area contributed by atoms with E-state index in [4.69, 9.17) is 21.6 Å². The van der Waals surface area contributed by atoms with E-state index in [0.717, 1.165) is 0 Å². The second-order valence-corrected chi connectivity index (χ2v) is 3.02. The van der Waals surface area contributed by atoms with Gasteiger partial charge in [0.05, 0.1) is 18.3 Å². The normalized spacial score (nSPS) is 9.50. The molecule has 2 nitrogen and oxygen atoms in total. The van der Waals surface area contributed by atoms with Crippen LogP contribution in [0.1, 0.15) is 12.0 Å². The van der Waals surface area contributed by atoms with Crippen LogP contribution in [0.5, 0.6) is 5.75 Å². The predicted octanol–water partition coefficient (Wildman–Crippen LogP) is 2.95. The SMILES string of the molecule is N#Cc1c(Cl)cccc1OCCCF. The number of ether oxygens (including phenoxy) is 1. The van der Waals surface area contributed by atoms with Crippen LogP contribution in [-0.4, -0.2) is 13.3 Å². The molecule has 0 spiro atoms. The molecule has 0 atom stereocenters. The van der Waals surface area contributed by atoms with Crippen LogP contribution < -0.4 is 4.74 Å². The monoisotopic (exact) mass is 213 g/mol. The molecule has 0 aromatic heterocycles. The van der Waals surface area contributed by atoms with Crippen LogP contribution in [0.15, 0.2) is 18.2 Å². The zero-order chi connectivity index (χ0) is 10.4. The Morgan fingerprint density at radius 1 is 1.50 bits per heavy atom. The Morgan fingerprint density at radius 2 is 2.29 bits per heavy atom. The third-order valence-electron chi connectivity index (χ3n) is 1.62. The lowest BCUT2D eigenvalue weighted by Crippen LogP contribution is -1.99. The highest BCUT2D eigenvalue weighted by Gasteiger charge is 2.06. The Kier molecular flexibility index (Phi) is 4.21. The van der Waals surface area contributed by atoms with E-state index >= 15 is 0 Å². The fourth-order valence-electron chi connectivity index (χ4n) is 0.970. The average Bonchev–Trinajstić information content (AvgIpc) is 2.18. The first kappa shape index (κ1) is 10.8. The lowest BCUT2D eigenvalue weighted by atomic mass is 10.2. The van der Waals surface area contributed by atoms with Gasteiger partial charge in [-0.05, 0) is 12.1 Å². The molecule has 1 aromatic rings. The van der Waals surface area contributed by atoms with Crippen molar-refractivity contribution in [2.75, 3.05) is 13.3 Å². The summed E-state index contributed by atoms with van der Waals surface area (Å²) >= 11 is 5.77. The van der Waals surface area contributed by atoms with Gasteiger partial charge in [-0.3, -0.25) is 4.39 Å². The summed E-state index contributed by atoms with van der Waals surface area (Å²) in [7, 11) is 0. The molecule has 0 saturated heterocycles. The van der Waals surface area contributed by atoms with Gasteiger partial charge in [0, 0.05) is 6.42 Å². The molecule has 0 aliphatic heterocycles. The molecule has 0 aliphatic carbocycles. The molecule has 0 bridgehead atoms. The Morgan fingerprint density at radius 3 is 2.93 bits per heavy atom. The lowest BCUT2D eigenvalue weighted by Gasteiger charge is -2.06. The largest absolute Gasteiger partial charge is 0.492 e. The minimum absolute atomic E-state index is 0.255. The standard InChI is InChI=1S/C10H9ClFNO/c11-9-3-1-4-10(8(9)7-13)14-6-2-5-12/h1,3-4H,2,5-6H2. The smallest absolute Gasteiger partial charge is 0.138 e. The molecule has 0 amide bonds. The highest BCUT2D eigenvalue weighted by atomic mass is 35.5. The number of hydrogen-bond acceptors (Lipinski definition) is 2. The maximum absolute atomic E-state index is 11.8. The zero-order valence-electron chi connectivity index (χ0n) is 7.46. The lowest BCUT2D eigenvalue weighted by molar-refractivity contribution is 0.289. The Bertz CT molecular complexity index is 348. The van der Waals surface area contributed by atoms with Crippen molar-refractivity contribution < 1.29 is 9.13 Å². The van der Waals surface area contributed by atoms with Gasteiger partial charge in [0.15, 0.2) is 0 Å². The fourth-order valence-corrected chi connectivity index (χ4v) is 1.18. The minimum atomic E-state index is -0.428. The molecule has 1 rings (SSSR count). The van der Waals surface area contributed by atoms with Crippen LogP contribution in [-0.2, 0) is 0 Å². The Labute approximate surface area is 86.9 Å². The summed E-state index contributed by atoms with van der Waals surface area (Å²) in [6, 6.07) is 6.88. The molecule has 0 saturated carbocycles. The maximum Gasteiger partial charge on any atom is 0.138 e. The van der Waals surface area contributed by atoms with Gasteiger partial charge in [-0.25, -0.2) is 0 Å². The Hall–Kier alpha value is -1.27. The number of nitrogens with zero attached hydrogens (tertiary/aromatic N) is 1. The minimum Gasteiger partial charge on any atom is -0.492 e. The Balaban J connectivity index is 2.76. The van der Waals surface area contributed by atoms with Crippen LogP contribution in [0.3, 0.4) is 0 Å². The van der Waals surface area contributed by atoms with E-state index in [-0.39, 0.29) is 6.61 Å². The third kappa shape index (κ3) is 2.61. The molecule has 1 aromatic carbocycles. The van der Waals surface area contributed by atoms with E-state index in [0.29, 0.717) is 22.8 Å². The molecule has 74 valence electrons. The summed E-state index contributed by atoms with van der Waals surface area (Å²) in [5.74, 6) is 0.411. The summed E-state index contributed by atoms with van der Waals surface area (Å²) in [4.78, 5) is 0. The van der Waals surface area contributed by atoms with Crippen molar-refractivity contribution in [2.24, 2.45) is 0 Å². The average molecular weight is 214 g/mol. The second-order valence-electron chi connectivity index (χ2n) is 2.62. The molecule has 4 heteroatoms. The fraction of sp³-hybridized carbons (Fsp3) is 0.300. The molecule has 14 heavy (non-hydrogen) atoms. The number of benzene rings is 1. The first-order valence-electron chi connectivity index (χ1n) is 4.17. The van der Waals surface area contributed by atoms with Crippen LogP contribution in [0.2, 0.25) is 5.02 Å². The van der Waals surface area contributed by atoms with Gasteiger partial charge < -0.3 is 4.74 Å². The summed E-state index contributed by atoms with van der Waals surface area (Å²) in [6.45, 7) is -0.173. The van der Waals surface area contributed by atoms with Crippen molar-refractivity contribution in [1.82, 2.24) is 0 Å². The maximum atomic E-state index is 11.8. The summed E-state index contributed by atoms with van der Waals surface area (Å²) in [5, 5.41) is 9.12. The van der Waals surface area contributed by atoms with Gasteiger partial charge in [-0.2, -0.15) is 5.26 Å². The summed E-state index contributed by atoms with van der Waals surface area (Å²) in [5.41, 5.74) is 0.299. The van der Waals surface area contributed by atoms with E-state index in [1.54, 1.807) is 18.2 Å². The molecule has 0 radical (unpaired) electrons. The molecular formula is C10H9ClFNO. The number of halogens is 2. The van der Waals surface area contributed by atoms with Crippen LogP contribution in [0.25, 0.3) is 0 Å². The van der Waals surface area contributed by atoms with E-state index < -0.39 is 6.67 Å². The zero-order valence-corrected chi connectivity index (χ0v) is 8.22. The van der Waals surface area contributed by atoms with Gasteiger partial charge in [0.25, 0.3) is 0 Å². The van der Waals surface area contributed by atoms with Crippen molar-refractivity contribution in [3.8, 4) is 11.8 Å². The van der Waals surface area contributed by atoms with Crippen LogP contribution in [0, 0.1) is 11.3 Å².